The molecule has 0 atom stereocenters. The highest BCUT2D eigenvalue weighted by molar-refractivity contribution is 6.33. The zero-order chi connectivity index (χ0) is 14.6. The van der Waals surface area contributed by atoms with Crippen LogP contribution in [-0.2, 0) is 0 Å². The lowest BCUT2D eigenvalue weighted by molar-refractivity contribution is -0.141. The van der Waals surface area contributed by atoms with E-state index in [4.69, 9.17) is 16.7 Å². The number of alkyl halides is 3. The lowest BCUT2D eigenvalue weighted by Crippen LogP contribution is -2.40. The molecular weight excluding hydrogens is 285 g/mol. The number of halogens is 4. The van der Waals surface area contributed by atoms with Crippen LogP contribution in [0.4, 0.5) is 13.2 Å². The molecule has 1 amide bonds. The number of aliphatic hydroxyl groups is 1. The maximum absolute atomic E-state index is 12.3. The van der Waals surface area contributed by atoms with E-state index in [-0.39, 0.29) is 10.6 Å². The highest BCUT2D eigenvalue weighted by Crippen LogP contribution is 2.21. The van der Waals surface area contributed by atoms with E-state index in [1.807, 2.05) is 0 Å². The Labute approximate surface area is 112 Å². The van der Waals surface area contributed by atoms with Crippen LogP contribution in [-0.4, -0.2) is 46.8 Å². The van der Waals surface area contributed by atoms with Crippen LogP contribution in [0.5, 0.6) is 0 Å². The molecule has 0 aliphatic rings. The van der Waals surface area contributed by atoms with Gasteiger partial charge in [0, 0.05) is 18.4 Å². The van der Waals surface area contributed by atoms with Crippen molar-refractivity contribution in [2.45, 2.75) is 13.1 Å². The quantitative estimate of drug-likeness (QED) is 0.925. The molecule has 0 saturated carbocycles. The van der Waals surface area contributed by atoms with Crippen molar-refractivity contribution in [3.05, 3.63) is 28.5 Å². The predicted octanol–water partition coefficient (Wildman–Crippen LogP) is 2.04. The van der Waals surface area contributed by atoms with Crippen molar-refractivity contribution < 1.29 is 23.1 Å². The van der Waals surface area contributed by atoms with Gasteiger partial charge in [-0.05, 0) is 13.0 Å². The molecule has 0 bridgehead atoms. The summed E-state index contributed by atoms with van der Waals surface area (Å²) in [6, 6.07) is 1.39. The molecule has 0 radical (unpaired) electrons. The fraction of sp³-hybridized carbons (Fsp3) is 0.455. The van der Waals surface area contributed by atoms with Crippen LogP contribution in [0.25, 0.3) is 0 Å². The highest BCUT2D eigenvalue weighted by atomic mass is 35.5. The summed E-state index contributed by atoms with van der Waals surface area (Å²) < 4.78 is 37.0. The molecule has 106 valence electrons. The van der Waals surface area contributed by atoms with Crippen molar-refractivity contribution in [1.29, 1.82) is 0 Å². The van der Waals surface area contributed by atoms with Crippen molar-refractivity contribution in [3.8, 4) is 0 Å². The molecule has 0 aromatic carbocycles. The Balaban J connectivity index is 2.99. The molecule has 0 fully saturated rings. The van der Waals surface area contributed by atoms with Crippen molar-refractivity contribution in [2.75, 3.05) is 19.7 Å². The molecule has 0 unspecified atom stereocenters. The average molecular weight is 297 g/mol. The molecule has 8 heteroatoms. The molecule has 0 aliphatic carbocycles. The first kappa shape index (κ1) is 15.7. The van der Waals surface area contributed by atoms with Crippen LogP contribution in [0.1, 0.15) is 16.1 Å². The number of carbonyl (C=O) groups excluding carboxylic acids is 1. The number of carbonyl (C=O) groups is 1. The van der Waals surface area contributed by atoms with Gasteiger partial charge in [-0.2, -0.15) is 13.2 Å². The third-order valence-corrected chi connectivity index (χ3v) is 2.56. The maximum Gasteiger partial charge on any atom is 0.406 e. The lowest BCUT2D eigenvalue weighted by atomic mass is 10.2. The van der Waals surface area contributed by atoms with Gasteiger partial charge in [0.1, 0.15) is 6.54 Å². The van der Waals surface area contributed by atoms with Gasteiger partial charge in [-0.25, -0.2) is 0 Å². The Morgan fingerprint density at radius 1 is 1.53 bits per heavy atom. The first-order valence-corrected chi connectivity index (χ1v) is 5.71. The summed E-state index contributed by atoms with van der Waals surface area (Å²) in [5, 5.41) is 8.76. The standard InChI is InChI=1S/C11H12ClF3N2O2/c1-7-4-9(12)8(5-16-7)10(19)17(2-3-18)6-11(13,14)15/h4-5,18H,2-3,6H2,1H3. The molecule has 19 heavy (non-hydrogen) atoms. The molecule has 1 heterocycles. The van der Waals surface area contributed by atoms with Crippen LogP contribution < -0.4 is 0 Å². The second kappa shape index (κ2) is 6.21. The van der Waals surface area contributed by atoms with Gasteiger partial charge in [0.05, 0.1) is 17.2 Å². The fourth-order valence-corrected chi connectivity index (χ4v) is 1.73. The Morgan fingerprint density at radius 2 is 2.16 bits per heavy atom. The van der Waals surface area contributed by atoms with Gasteiger partial charge < -0.3 is 10.0 Å². The molecular formula is C11H12ClF3N2O2. The second-order valence-corrected chi connectivity index (χ2v) is 4.28. The first-order chi connectivity index (χ1) is 8.74. The molecule has 0 spiro atoms. The van der Waals surface area contributed by atoms with Crippen molar-refractivity contribution in [1.82, 2.24) is 9.88 Å². The topological polar surface area (TPSA) is 53.4 Å². The van der Waals surface area contributed by atoms with Crippen molar-refractivity contribution in [2.24, 2.45) is 0 Å². The van der Waals surface area contributed by atoms with Gasteiger partial charge in [0.15, 0.2) is 0 Å². The van der Waals surface area contributed by atoms with E-state index in [1.165, 1.54) is 6.07 Å². The van der Waals surface area contributed by atoms with Crippen molar-refractivity contribution in [3.63, 3.8) is 0 Å². The highest BCUT2D eigenvalue weighted by Gasteiger charge is 2.33. The molecule has 1 N–H and O–H groups in total. The fourth-order valence-electron chi connectivity index (χ4n) is 1.44. The summed E-state index contributed by atoms with van der Waals surface area (Å²) in [5.74, 6) is -0.913. The molecule has 0 saturated heterocycles. The van der Waals surface area contributed by atoms with Crippen LogP contribution >= 0.6 is 11.6 Å². The van der Waals surface area contributed by atoms with Crippen LogP contribution in [0.2, 0.25) is 5.02 Å². The summed E-state index contributed by atoms with van der Waals surface area (Å²) in [5.41, 5.74) is 0.427. The number of aliphatic hydroxyl groups excluding tert-OH is 1. The largest absolute Gasteiger partial charge is 0.406 e. The van der Waals surface area contributed by atoms with Crippen molar-refractivity contribution >= 4 is 17.5 Å². The number of rotatable bonds is 4. The number of pyridine rings is 1. The summed E-state index contributed by atoms with van der Waals surface area (Å²) in [7, 11) is 0. The molecule has 1 rings (SSSR count). The summed E-state index contributed by atoms with van der Waals surface area (Å²) in [6.45, 7) is -0.806. The number of aryl methyl sites for hydroxylation is 1. The minimum atomic E-state index is -4.55. The summed E-state index contributed by atoms with van der Waals surface area (Å²) in [6.07, 6.45) is -3.42. The number of amides is 1. The lowest BCUT2D eigenvalue weighted by Gasteiger charge is -2.23. The van der Waals surface area contributed by atoms with Gasteiger partial charge in [-0.1, -0.05) is 11.6 Å². The zero-order valence-electron chi connectivity index (χ0n) is 10.0. The number of hydrogen-bond acceptors (Lipinski definition) is 3. The minimum Gasteiger partial charge on any atom is -0.395 e. The summed E-state index contributed by atoms with van der Waals surface area (Å²) in [4.78, 5) is 16.2. The van der Waals surface area contributed by atoms with E-state index in [1.54, 1.807) is 6.92 Å². The van der Waals surface area contributed by atoms with Gasteiger partial charge in [0.2, 0.25) is 0 Å². The monoisotopic (exact) mass is 296 g/mol. The van der Waals surface area contributed by atoms with Crippen LogP contribution in [0.15, 0.2) is 12.3 Å². The van der Waals surface area contributed by atoms with Gasteiger partial charge >= 0.3 is 6.18 Å². The van der Waals surface area contributed by atoms with Gasteiger partial charge in [-0.3, -0.25) is 9.78 Å². The van der Waals surface area contributed by atoms with E-state index in [0.29, 0.717) is 10.6 Å². The molecule has 0 aliphatic heterocycles. The Kier molecular flexibility index (Phi) is 5.13. The average Bonchev–Trinajstić information content (AvgIpc) is 2.26. The maximum atomic E-state index is 12.3. The predicted molar refractivity (Wildman–Crippen MR) is 63.0 cm³/mol. The van der Waals surface area contributed by atoms with Crippen LogP contribution in [0.3, 0.4) is 0 Å². The van der Waals surface area contributed by atoms with E-state index < -0.39 is 31.8 Å². The molecule has 1 aromatic rings. The third-order valence-electron chi connectivity index (χ3n) is 2.25. The van der Waals surface area contributed by atoms with E-state index in [0.717, 1.165) is 6.20 Å². The summed E-state index contributed by atoms with van der Waals surface area (Å²) >= 11 is 5.81. The SMILES string of the molecule is Cc1cc(Cl)c(C(=O)N(CCO)CC(F)(F)F)cn1. The van der Waals surface area contributed by atoms with Crippen LogP contribution in [0, 0.1) is 6.92 Å². The third kappa shape index (κ3) is 4.68. The van der Waals surface area contributed by atoms with Gasteiger partial charge in [0.25, 0.3) is 5.91 Å². The number of nitrogens with zero attached hydrogens (tertiary/aromatic N) is 2. The van der Waals surface area contributed by atoms with E-state index >= 15 is 0 Å². The second-order valence-electron chi connectivity index (χ2n) is 3.87. The first-order valence-electron chi connectivity index (χ1n) is 5.33. The zero-order valence-corrected chi connectivity index (χ0v) is 10.8. The Morgan fingerprint density at radius 3 is 2.63 bits per heavy atom. The number of hydrogen-bond donors (Lipinski definition) is 1. The normalized spacial score (nSPS) is 11.5. The minimum absolute atomic E-state index is 0.0302. The number of aromatic nitrogens is 1. The van der Waals surface area contributed by atoms with E-state index in [9.17, 15) is 18.0 Å². The van der Waals surface area contributed by atoms with E-state index in [2.05, 4.69) is 4.98 Å². The Hall–Kier alpha value is -1.34. The molecule has 1 aromatic heterocycles. The Bertz CT molecular complexity index is 466. The smallest absolute Gasteiger partial charge is 0.395 e. The van der Waals surface area contributed by atoms with Gasteiger partial charge in [-0.15, -0.1) is 0 Å². The molecule has 4 nitrogen and oxygen atoms in total.